The fourth-order valence-corrected chi connectivity index (χ4v) is 3.20. The van der Waals surface area contributed by atoms with Crippen LogP contribution in [0.15, 0.2) is 18.2 Å². The standard InChI is InChI=1S/C17H22F3NO2/c1-2-14-8-6-12-11-13(17(18,19)20)7-9-15(12)21(14)10-4-3-5-16(22)23/h7,9,11,14H,2-6,8,10H2,1H3,(H,22,23). The molecule has 0 aliphatic carbocycles. The first-order valence-electron chi connectivity index (χ1n) is 8.01. The van der Waals surface area contributed by atoms with Crippen LogP contribution < -0.4 is 4.90 Å². The summed E-state index contributed by atoms with van der Waals surface area (Å²) in [5, 5.41) is 8.69. The maximum atomic E-state index is 12.9. The van der Waals surface area contributed by atoms with Crippen molar-refractivity contribution in [3.8, 4) is 0 Å². The highest BCUT2D eigenvalue weighted by Gasteiger charge is 2.33. The number of carboxylic acids is 1. The van der Waals surface area contributed by atoms with E-state index in [1.165, 1.54) is 6.07 Å². The number of fused-ring (bicyclic) bond motifs is 1. The first-order valence-corrected chi connectivity index (χ1v) is 8.01. The van der Waals surface area contributed by atoms with E-state index in [1.807, 2.05) is 0 Å². The van der Waals surface area contributed by atoms with E-state index in [0.29, 0.717) is 25.4 Å². The minimum atomic E-state index is -4.32. The van der Waals surface area contributed by atoms with Crippen LogP contribution in [-0.2, 0) is 17.4 Å². The fourth-order valence-electron chi connectivity index (χ4n) is 3.20. The number of halogens is 3. The van der Waals surface area contributed by atoms with Crippen molar-refractivity contribution in [3.63, 3.8) is 0 Å². The Morgan fingerprint density at radius 2 is 2.09 bits per heavy atom. The van der Waals surface area contributed by atoms with Gasteiger partial charge in [0.15, 0.2) is 0 Å². The first-order chi connectivity index (χ1) is 10.8. The molecule has 1 aliphatic rings. The lowest BCUT2D eigenvalue weighted by atomic mass is 9.92. The highest BCUT2D eigenvalue weighted by atomic mass is 19.4. The monoisotopic (exact) mass is 329 g/mol. The maximum absolute atomic E-state index is 12.9. The molecule has 6 heteroatoms. The lowest BCUT2D eigenvalue weighted by Gasteiger charge is -2.39. The number of unbranched alkanes of at least 4 members (excludes halogenated alkanes) is 1. The largest absolute Gasteiger partial charge is 0.481 e. The molecular formula is C17H22F3NO2. The number of aryl methyl sites for hydroxylation is 1. The van der Waals surface area contributed by atoms with Crippen LogP contribution in [0.3, 0.4) is 0 Å². The SMILES string of the molecule is CCC1CCc2cc(C(F)(F)F)ccc2N1CCCCC(=O)O. The molecule has 0 saturated heterocycles. The average molecular weight is 329 g/mol. The average Bonchev–Trinajstić information content (AvgIpc) is 2.49. The van der Waals surface area contributed by atoms with E-state index >= 15 is 0 Å². The molecule has 0 radical (unpaired) electrons. The van der Waals surface area contributed by atoms with E-state index in [2.05, 4.69) is 11.8 Å². The maximum Gasteiger partial charge on any atom is 0.416 e. The molecule has 2 rings (SSSR count). The normalized spacial score (nSPS) is 17.9. The summed E-state index contributed by atoms with van der Waals surface area (Å²) < 4.78 is 38.6. The van der Waals surface area contributed by atoms with Gasteiger partial charge in [-0.1, -0.05) is 6.92 Å². The van der Waals surface area contributed by atoms with Gasteiger partial charge in [-0.3, -0.25) is 4.79 Å². The number of aliphatic carboxylic acids is 1. The van der Waals surface area contributed by atoms with Gasteiger partial charge in [0.05, 0.1) is 5.56 Å². The third-order valence-corrected chi connectivity index (χ3v) is 4.41. The molecule has 0 bridgehead atoms. The van der Waals surface area contributed by atoms with Crippen molar-refractivity contribution in [1.82, 2.24) is 0 Å². The predicted octanol–water partition coefficient (Wildman–Crippen LogP) is 4.49. The highest BCUT2D eigenvalue weighted by Crippen LogP contribution is 2.37. The van der Waals surface area contributed by atoms with Crippen molar-refractivity contribution in [1.29, 1.82) is 0 Å². The molecule has 0 aromatic heterocycles. The van der Waals surface area contributed by atoms with Crippen LogP contribution >= 0.6 is 0 Å². The topological polar surface area (TPSA) is 40.5 Å². The molecule has 0 saturated carbocycles. The molecule has 0 fully saturated rings. The van der Waals surface area contributed by atoms with E-state index in [-0.39, 0.29) is 6.42 Å². The zero-order valence-electron chi connectivity index (χ0n) is 13.2. The van der Waals surface area contributed by atoms with Gasteiger partial charge in [0.1, 0.15) is 0 Å². The van der Waals surface area contributed by atoms with Gasteiger partial charge in [-0.25, -0.2) is 0 Å². The molecule has 128 valence electrons. The number of anilines is 1. The number of hydrogen-bond donors (Lipinski definition) is 1. The van der Waals surface area contributed by atoms with Gasteiger partial charge in [-0.2, -0.15) is 13.2 Å². The number of carboxylic acid groups (broad SMARTS) is 1. The summed E-state index contributed by atoms with van der Waals surface area (Å²) in [4.78, 5) is 12.7. The Morgan fingerprint density at radius 1 is 1.35 bits per heavy atom. The van der Waals surface area contributed by atoms with Crippen molar-refractivity contribution in [2.24, 2.45) is 0 Å². The molecule has 23 heavy (non-hydrogen) atoms. The quantitative estimate of drug-likeness (QED) is 0.782. The number of nitrogens with zero attached hydrogens (tertiary/aromatic N) is 1. The molecule has 3 nitrogen and oxygen atoms in total. The summed E-state index contributed by atoms with van der Waals surface area (Å²) in [5.74, 6) is -0.814. The van der Waals surface area contributed by atoms with E-state index in [9.17, 15) is 18.0 Å². The Kier molecular flexibility index (Phi) is 5.55. The van der Waals surface area contributed by atoms with Gasteiger partial charge in [-0.05, 0) is 55.9 Å². The van der Waals surface area contributed by atoms with E-state index < -0.39 is 17.7 Å². The second kappa shape index (κ2) is 7.23. The molecule has 1 N–H and O–H groups in total. The number of rotatable bonds is 6. The van der Waals surface area contributed by atoms with E-state index in [1.54, 1.807) is 6.07 Å². The van der Waals surface area contributed by atoms with Gasteiger partial charge in [-0.15, -0.1) is 0 Å². The van der Waals surface area contributed by atoms with Gasteiger partial charge in [0.25, 0.3) is 0 Å². The lowest BCUT2D eigenvalue weighted by molar-refractivity contribution is -0.138. The molecule has 1 aromatic carbocycles. The second-order valence-electron chi connectivity index (χ2n) is 5.99. The van der Waals surface area contributed by atoms with Crippen molar-refractivity contribution in [2.45, 2.75) is 57.7 Å². The smallest absolute Gasteiger partial charge is 0.416 e. The Bertz CT molecular complexity index is 557. The van der Waals surface area contributed by atoms with Crippen molar-refractivity contribution >= 4 is 11.7 Å². The summed E-state index contributed by atoms with van der Waals surface area (Å²) in [6.07, 6.45) is -0.457. The summed E-state index contributed by atoms with van der Waals surface area (Å²) in [6.45, 7) is 2.76. The molecule has 1 heterocycles. The summed E-state index contributed by atoms with van der Waals surface area (Å²) in [6, 6.07) is 4.27. The molecule has 0 spiro atoms. The first kappa shape index (κ1) is 17.6. The fraction of sp³-hybridized carbons (Fsp3) is 0.588. The Labute approximate surface area is 134 Å². The summed E-state index contributed by atoms with van der Waals surface area (Å²) in [5.41, 5.74) is 1.01. The molecule has 1 atom stereocenters. The second-order valence-corrected chi connectivity index (χ2v) is 5.99. The zero-order valence-corrected chi connectivity index (χ0v) is 13.2. The molecular weight excluding hydrogens is 307 g/mol. The van der Waals surface area contributed by atoms with Gasteiger partial charge < -0.3 is 10.0 Å². The Balaban J connectivity index is 2.15. The van der Waals surface area contributed by atoms with Crippen molar-refractivity contribution < 1.29 is 23.1 Å². The Morgan fingerprint density at radius 3 is 2.70 bits per heavy atom. The van der Waals surface area contributed by atoms with Gasteiger partial charge in [0, 0.05) is 24.7 Å². The molecule has 1 aromatic rings. The van der Waals surface area contributed by atoms with Crippen LogP contribution in [0.4, 0.5) is 18.9 Å². The van der Waals surface area contributed by atoms with Crippen LogP contribution in [-0.4, -0.2) is 23.7 Å². The van der Waals surface area contributed by atoms with E-state index in [0.717, 1.165) is 36.6 Å². The number of carbonyl (C=O) groups is 1. The number of alkyl halides is 3. The van der Waals surface area contributed by atoms with E-state index in [4.69, 9.17) is 5.11 Å². The highest BCUT2D eigenvalue weighted by molar-refractivity contribution is 5.66. The van der Waals surface area contributed by atoms with Crippen molar-refractivity contribution in [3.05, 3.63) is 29.3 Å². The van der Waals surface area contributed by atoms with Crippen molar-refractivity contribution in [2.75, 3.05) is 11.4 Å². The summed E-state index contributed by atoms with van der Waals surface area (Å²) >= 11 is 0. The molecule has 0 amide bonds. The molecule has 1 unspecified atom stereocenters. The minimum Gasteiger partial charge on any atom is -0.481 e. The van der Waals surface area contributed by atoms with Crippen LogP contribution in [0.5, 0.6) is 0 Å². The lowest BCUT2D eigenvalue weighted by Crippen LogP contribution is -2.39. The minimum absolute atomic E-state index is 0.129. The number of benzene rings is 1. The van der Waals surface area contributed by atoms with Crippen LogP contribution in [0.1, 0.15) is 50.2 Å². The van der Waals surface area contributed by atoms with Gasteiger partial charge in [0.2, 0.25) is 0 Å². The summed E-state index contributed by atoms with van der Waals surface area (Å²) in [7, 11) is 0. The van der Waals surface area contributed by atoms with Crippen LogP contribution in [0.25, 0.3) is 0 Å². The Hall–Kier alpha value is -1.72. The third-order valence-electron chi connectivity index (χ3n) is 4.41. The number of hydrogen-bond acceptors (Lipinski definition) is 2. The van der Waals surface area contributed by atoms with Gasteiger partial charge >= 0.3 is 12.1 Å². The van der Waals surface area contributed by atoms with Crippen LogP contribution in [0, 0.1) is 0 Å². The third kappa shape index (κ3) is 4.39. The predicted molar refractivity (Wildman–Crippen MR) is 82.7 cm³/mol. The van der Waals surface area contributed by atoms with Crippen LogP contribution in [0.2, 0.25) is 0 Å². The molecule has 1 aliphatic heterocycles. The zero-order chi connectivity index (χ0) is 17.0.